The predicted molar refractivity (Wildman–Crippen MR) is 108 cm³/mol. The largest absolute Gasteiger partial charge is 0.493 e. The highest BCUT2D eigenvalue weighted by Crippen LogP contribution is 2.37. The topological polar surface area (TPSA) is 103 Å². The fourth-order valence-electron chi connectivity index (χ4n) is 2.40. The molecule has 12 heteroatoms. The number of nitro groups is 1. The molecule has 0 bridgehead atoms. The number of hydrogen-bond donors (Lipinski definition) is 2. The van der Waals surface area contributed by atoms with Gasteiger partial charge in [0, 0.05) is 11.6 Å². The van der Waals surface area contributed by atoms with Crippen LogP contribution in [0, 0.1) is 16.0 Å². The molecule has 2 aromatic rings. The molecule has 8 nitrogen and oxygen atoms in total. The van der Waals surface area contributed by atoms with Crippen LogP contribution in [0.5, 0.6) is 11.5 Å². The molecule has 2 N–H and O–H groups in total. The Morgan fingerprint density at radius 2 is 1.94 bits per heavy atom. The van der Waals surface area contributed by atoms with Gasteiger partial charge in [-0.1, -0.05) is 25.4 Å². The summed E-state index contributed by atoms with van der Waals surface area (Å²) in [6, 6.07) is 4.52. The highest BCUT2D eigenvalue weighted by molar-refractivity contribution is 6.32. The number of ether oxygens (including phenoxy) is 2. The van der Waals surface area contributed by atoms with Crippen LogP contribution >= 0.6 is 11.6 Å². The van der Waals surface area contributed by atoms with Crippen LogP contribution in [0.15, 0.2) is 30.3 Å². The summed E-state index contributed by atoms with van der Waals surface area (Å²) in [5, 5.41) is 11.2. The van der Waals surface area contributed by atoms with Crippen LogP contribution in [0.2, 0.25) is 5.02 Å². The van der Waals surface area contributed by atoms with Crippen molar-refractivity contribution in [2.75, 3.05) is 19.1 Å². The molecule has 2 rings (SSSR count). The number of carbonyl (C=O) groups is 1. The number of anilines is 1. The van der Waals surface area contributed by atoms with Gasteiger partial charge in [0.1, 0.15) is 5.69 Å². The summed E-state index contributed by atoms with van der Waals surface area (Å²) in [4.78, 5) is 22.6. The van der Waals surface area contributed by atoms with Gasteiger partial charge < -0.3 is 9.47 Å². The van der Waals surface area contributed by atoms with Crippen molar-refractivity contribution in [1.82, 2.24) is 5.43 Å². The van der Waals surface area contributed by atoms with Crippen molar-refractivity contribution < 1.29 is 32.4 Å². The molecule has 2 aromatic carbocycles. The van der Waals surface area contributed by atoms with Crippen molar-refractivity contribution in [3.8, 4) is 11.5 Å². The Balaban J connectivity index is 2.23. The van der Waals surface area contributed by atoms with Crippen molar-refractivity contribution in [1.29, 1.82) is 0 Å². The normalized spacial score (nSPS) is 11.2. The second-order valence-corrected chi connectivity index (χ2v) is 7.17. The Morgan fingerprint density at radius 3 is 2.48 bits per heavy atom. The molecule has 0 atom stereocenters. The van der Waals surface area contributed by atoms with E-state index in [2.05, 4.69) is 10.9 Å². The van der Waals surface area contributed by atoms with Gasteiger partial charge in [-0.05, 0) is 30.2 Å². The van der Waals surface area contributed by atoms with Gasteiger partial charge in [0.2, 0.25) is 0 Å². The average molecular weight is 462 g/mol. The number of carbonyl (C=O) groups excluding carboxylic acids is 1. The van der Waals surface area contributed by atoms with Gasteiger partial charge in [0.15, 0.2) is 11.5 Å². The van der Waals surface area contributed by atoms with Gasteiger partial charge in [-0.15, -0.1) is 0 Å². The standard InChI is InChI=1S/C19H19ClF3N3O5/c1-10(2)9-31-17-13(20)6-11(7-16(17)30-3)18(27)25-24-14-5-4-12(19(21,22)23)8-15(14)26(28)29/h4-8,10,24H,9H2,1-3H3,(H,25,27). The Hall–Kier alpha value is -3.21. The lowest BCUT2D eigenvalue weighted by Crippen LogP contribution is -2.29. The van der Waals surface area contributed by atoms with Crippen LogP contribution in [0.25, 0.3) is 0 Å². The molecule has 168 valence electrons. The van der Waals surface area contributed by atoms with Crippen molar-refractivity contribution in [2.45, 2.75) is 20.0 Å². The van der Waals surface area contributed by atoms with Gasteiger partial charge >= 0.3 is 6.18 Å². The molecule has 0 spiro atoms. The van der Waals surface area contributed by atoms with Crippen LogP contribution in [-0.2, 0) is 6.18 Å². The molecule has 1 amide bonds. The zero-order valence-electron chi connectivity index (χ0n) is 16.7. The van der Waals surface area contributed by atoms with Gasteiger partial charge in [0.25, 0.3) is 11.6 Å². The van der Waals surface area contributed by atoms with Crippen LogP contribution in [0.4, 0.5) is 24.5 Å². The van der Waals surface area contributed by atoms with Crippen LogP contribution < -0.4 is 20.3 Å². The van der Waals surface area contributed by atoms with E-state index in [0.717, 1.165) is 6.07 Å². The van der Waals surface area contributed by atoms with E-state index < -0.39 is 28.3 Å². The second-order valence-electron chi connectivity index (χ2n) is 6.76. The minimum absolute atomic E-state index is 0.0285. The van der Waals surface area contributed by atoms with Crippen molar-refractivity contribution >= 4 is 28.9 Å². The number of hydrogen-bond acceptors (Lipinski definition) is 6. The maximum absolute atomic E-state index is 12.8. The van der Waals surface area contributed by atoms with Crippen molar-refractivity contribution in [3.63, 3.8) is 0 Å². The molecule has 0 fully saturated rings. The van der Waals surface area contributed by atoms with Gasteiger partial charge in [-0.25, -0.2) is 0 Å². The first kappa shape index (κ1) is 24.1. The van der Waals surface area contributed by atoms with E-state index in [1.165, 1.54) is 19.2 Å². The molecule has 0 aliphatic heterocycles. The smallest absolute Gasteiger partial charge is 0.416 e. The number of nitro benzene ring substituents is 1. The molecule has 0 saturated heterocycles. The fourth-order valence-corrected chi connectivity index (χ4v) is 2.67. The average Bonchev–Trinajstić information content (AvgIpc) is 2.69. The highest BCUT2D eigenvalue weighted by Gasteiger charge is 2.33. The number of methoxy groups -OCH3 is 1. The first-order valence-corrected chi connectivity index (χ1v) is 9.24. The van der Waals surface area contributed by atoms with Gasteiger partial charge in [0.05, 0.1) is 29.2 Å². The lowest BCUT2D eigenvalue weighted by atomic mass is 10.1. The quantitative estimate of drug-likeness (QED) is 0.420. The summed E-state index contributed by atoms with van der Waals surface area (Å²) in [6.07, 6.45) is -4.75. The molecule has 0 aliphatic rings. The third kappa shape index (κ3) is 6.14. The minimum Gasteiger partial charge on any atom is -0.493 e. The van der Waals surface area contributed by atoms with Crippen molar-refractivity contribution in [3.05, 3.63) is 56.6 Å². The fraction of sp³-hybridized carbons (Fsp3) is 0.316. The summed E-state index contributed by atoms with van der Waals surface area (Å²) >= 11 is 6.18. The Bertz CT molecular complexity index is 983. The van der Waals surface area contributed by atoms with E-state index in [0.29, 0.717) is 18.7 Å². The van der Waals surface area contributed by atoms with E-state index in [9.17, 15) is 28.1 Å². The summed E-state index contributed by atoms with van der Waals surface area (Å²) in [7, 11) is 1.36. The molecular weight excluding hydrogens is 443 g/mol. The Labute approximate surface area is 180 Å². The summed E-state index contributed by atoms with van der Waals surface area (Å²) in [5.74, 6) is -0.100. The summed E-state index contributed by atoms with van der Waals surface area (Å²) in [6.45, 7) is 4.24. The zero-order valence-corrected chi connectivity index (χ0v) is 17.4. The molecular formula is C19H19ClF3N3O5. The summed E-state index contributed by atoms with van der Waals surface area (Å²) in [5.41, 5.74) is 2.09. The zero-order chi connectivity index (χ0) is 23.3. The number of nitrogens with one attached hydrogen (secondary N) is 2. The Kier molecular flexibility index (Phi) is 7.55. The van der Waals surface area contributed by atoms with Crippen molar-refractivity contribution in [2.24, 2.45) is 5.92 Å². The monoisotopic (exact) mass is 461 g/mol. The number of amides is 1. The molecule has 0 saturated carbocycles. The third-order valence-electron chi connectivity index (χ3n) is 3.89. The SMILES string of the molecule is COc1cc(C(=O)NNc2ccc(C(F)(F)F)cc2[N+](=O)[O-])cc(Cl)c1OCC(C)C. The summed E-state index contributed by atoms with van der Waals surface area (Å²) < 4.78 is 49.2. The van der Waals surface area contributed by atoms with Crippen LogP contribution in [-0.4, -0.2) is 24.5 Å². The maximum atomic E-state index is 12.8. The van der Waals surface area contributed by atoms with Crippen LogP contribution in [0.1, 0.15) is 29.8 Å². The van der Waals surface area contributed by atoms with E-state index in [1.54, 1.807) is 0 Å². The second kappa shape index (κ2) is 9.73. The lowest BCUT2D eigenvalue weighted by molar-refractivity contribution is -0.384. The molecule has 0 aliphatic carbocycles. The molecule has 0 heterocycles. The molecule has 0 unspecified atom stereocenters. The number of alkyl halides is 3. The lowest BCUT2D eigenvalue weighted by Gasteiger charge is -2.16. The number of halogens is 4. The maximum Gasteiger partial charge on any atom is 0.416 e. The van der Waals surface area contributed by atoms with E-state index >= 15 is 0 Å². The number of nitrogens with zero attached hydrogens (tertiary/aromatic N) is 1. The highest BCUT2D eigenvalue weighted by atomic mass is 35.5. The number of rotatable bonds is 8. The first-order valence-electron chi connectivity index (χ1n) is 8.86. The van der Waals surface area contributed by atoms with E-state index in [-0.39, 0.29) is 33.7 Å². The first-order chi connectivity index (χ1) is 14.4. The Morgan fingerprint density at radius 1 is 1.26 bits per heavy atom. The number of benzene rings is 2. The molecule has 0 radical (unpaired) electrons. The van der Waals surface area contributed by atoms with Gasteiger partial charge in [-0.2, -0.15) is 13.2 Å². The number of hydrazine groups is 1. The van der Waals surface area contributed by atoms with E-state index in [4.69, 9.17) is 21.1 Å². The minimum atomic E-state index is -4.75. The predicted octanol–water partition coefficient (Wildman–Crippen LogP) is 5.07. The molecule has 0 aromatic heterocycles. The van der Waals surface area contributed by atoms with Crippen LogP contribution in [0.3, 0.4) is 0 Å². The van der Waals surface area contributed by atoms with E-state index in [1.807, 2.05) is 13.8 Å². The third-order valence-corrected chi connectivity index (χ3v) is 4.17. The van der Waals surface area contributed by atoms with Gasteiger partial charge in [-0.3, -0.25) is 25.8 Å². The molecule has 31 heavy (non-hydrogen) atoms.